The largest absolute Gasteiger partial charge is 0.496 e. The quantitative estimate of drug-likeness (QED) is 0.607. The molecule has 24 heavy (non-hydrogen) atoms. The summed E-state index contributed by atoms with van der Waals surface area (Å²) < 4.78 is 18.8. The summed E-state index contributed by atoms with van der Waals surface area (Å²) in [4.78, 5) is 12.1. The molecule has 0 spiro atoms. The number of halogens is 1. The Labute approximate surface area is 138 Å². The van der Waals surface area contributed by atoms with Crippen LogP contribution in [0.2, 0.25) is 0 Å². The number of hydrogen-bond donors (Lipinski definition) is 1. The lowest BCUT2D eigenvalue weighted by Crippen LogP contribution is -1.88. The summed E-state index contributed by atoms with van der Waals surface area (Å²) in [7, 11) is 1.64. The zero-order chi connectivity index (χ0) is 16.5. The van der Waals surface area contributed by atoms with Gasteiger partial charge in [-0.2, -0.15) is 0 Å². The summed E-state index contributed by atoms with van der Waals surface area (Å²) in [5.41, 5.74) is 3.93. The van der Waals surface area contributed by atoms with Crippen LogP contribution in [0.15, 0.2) is 60.8 Å². The van der Waals surface area contributed by atoms with Gasteiger partial charge < -0.3 is 9.72 Å². The molecule has 0 atom stereocenters. The van der Waals surface area contributed by atoms with Gasteiger partial charge in [0.05, 0.1) is 7.11 Å². The molecule has 0 aliphatic heterocycles. The fraction of sp³-hybridized carbons (Fsp3) is 0.0526. The second-order valence-electron chi connectivity index (χ2n) is 5.39. The van der Waals surface area contributed by atoms with E-state index in [-0.39, 0.29) is 5.82 Å². The first-order chi connectivity index (χ1) is 11.7. The molecular formula is C19H14FN3O. The van der Waals surface area contributed by atoms with Crippen LogP contribution in [0.1, 0.15) is 0 Å². The van der Waals surface area contributed by atoms with Gasteiger partial charge in [0.15, 0.2) is 5.65 Å². The molecule has 2 aromatic carbocycles. The number of pyridine rings is 1. The summed E-state index contributed by atoms with van der Waals surface area (Å²) in [6.45, 7) is 0. The van der Waals surface area contributed by atoms with Crippen LogP contribution in [0.5, 0.6) is 5.75 Å². The Morgan fingerprint density at radius 2 is 1.88 bits per heavy atom. The van der Waals surface area contributed by atoms with Crippen molar-refractivity contribution in [3.63, 3.8) is 0 Å². The molecule has 1 N–H and O–H groups in total. The molecule has 5 heteroatoms. The number of fused-ring (bicyclic) bond motifs is 1. The highest BCUT2D eigenvalue weighted by Gasteiger charge is 2.10. The molecule has 0 unspecified atom stereocenters. The van der Waals surface area contributed by atoms with E-state index in [4.69, 9.17) is 4.74 Å². The average molecular weight is 319 g/mol. The Hall–Kier alpha value is -3.21. The number of hydrogen-bond acceptors (Lipinski definition) is 3. The van der Waals surface area contributed by atoms with E-state index in [1.807, 2.05) is 36.4 Å². The van der Waals surface area contributed by atoms with Crippen LogP contribution in [0, 0.1) is 5.82 Å². The summed E-state index contributed by atoms with van der Waals surface area (Å²) in [5, 5.41) is 0. The Kier molecular flexibility index (Phi) is 3.46. The van der Waals surface area contributed by atoms with Crippen molar-refractivity contribution in [2.75, 3.05) is 7.11 Å². The molecule has 0 aliphatic carbocycles. The van der Waals surface area contributed by atoms with E-state index in [1.54, 1.807) is 19.4 Å². The zero-order valence-electron chi connectivity index (χ0n) is 13.0. The van der Waals surface area contributed by atoms with Crippen LogP contribution in [0.25, 0.3) is 33.7 Å². The van der Waals surface area contributed by atoms with Gasteiger partial charge in [0.1, 0.15) is 22.9 Å². The third-order valence-electron chi connectivity index (χ3n) is 3.85. The van der Waals surface area contributed by atoms with Crippen LogP contribution in [-0.4, -0.2) is 22.1 Å². The smallest absolute Gasteiger partial charge is 0.157 e. The van der Waals surface area contributed by atoms with Crippen LogP contribution in [0.4, 0.5) is 4.39 Å². The Morgan fingerprint density at radius 1 is 1.00 bits per heavy atom. The standard InChI is InChI=1S/C19H14FN3O/c1-24-17-8-3-2-7-15(17)13-10-16-19(21-11-13)23-18(22-16)12-5-4-6-14(20)9-12/h2-11H,1H3,(H,21,22,23). The van der Waals surface area contributed by atoms with Crippen molar-refractivity contribution in [1.82, 2.24) is 15.0 Å². The SMILES string of the molecule is COc1ccccc1-c1cnc2[nH]c(-c3cccc(F)c3)nc2c1. The maximum Gasteiger partial charge on any atom is 0.157 e. The molecule has 0 saturated carbocycles. The normalized spacial score (nSPS) is 10.9. The minimum absolute atomic E-state index is 0.296. The van der Waals surface area contributed by atoms with Crippen molar-refractivity contribution >= 4 is 11.2 Å². The van der Waals surface area contributed by atoms with E-state index < -0.39 is 0 Å². The fourth-order valence-corrected chi connectivity index (χ4v) is 2.70. The lowest BCUT2D eigenvalue weighted by Gasteiger charge is -2.07. The van der Waals surface area contributed by atoms with Gasteiger partial charge in [0, 0.05) is 22.9 Å². The number of benzene rings is 2. The summed E-state index contributed by atoms with van der Waals surface area (Å²) in [5.74, 6) is 1.07. The lowest BCUT2D eigenvalue weighted by atomic mass is 10.1. The molecule has 4 aromatic rings. The minimum atomic E-state index is -0.296. The molecule has 0 bridgehead atoms. The predicted octanol–water partition coefficient (Wildman–Crippen LogP) is 4.44. The van der Waals surface area contributed by atoms with E-state index in [2.05, 4.69) is 15.0 Å². The van der Waals surface area contributed by atoms with Crippen molar-refractivity contribution in [3.8, 4) is 28.3 Å². The van der Waals surface area contributed by atoms with Gasteiger partial charge in [0.25, 0.3) is 0 Å². The monoisotopic (exact) mass is 319 g/mol. The summed E-state index contributed by atoms with van der Waals surface area (Å²) in [6.07, 6.45) is 1.77. The van der Waals surface area contributed by atoms with Gasteiger partial charge in [-0.05, 0) is 24.3 Å². The third kappa shape index (κ3) is 2.50. The van der Waals surface area contributed by atoms with Crippen molar-refractivity contribution in [3.05, 3.63) is 66.6 Å². The molecule has 0 amide bonds. The number of nitrogens with one attached hydrogen (secondary N) is 1. The van der Waals surface area contributed by atoms with E-state index in [1.165, 1.54) is 12.1 Å². The van der Waals surface area contributed by atoms with Crippen molar-refractivity contribution < 1.29 is 9.13 Å². The van der Waals surface area contributed by atoms with E-state index >= 15 is 0 Å². The number of aromatic nitrogens is 3. The van der Waals surface area contributed by atoms with Gasteiger partial charge in [0.2, 0.25) is 0 Å². The Bertz CT molecular complexity index is 1030. The number of methoxy groups -OCH3 is 1. The van der Waals surface area contributed by atoms with Gasteiger partial charge in [-0.3, -0.25) is 0 Å². The first-order valence-electron chi connectivity index (χ1n) is 7.50. The molecule has 0 radical (unpaired) electrons. The van der Waals surface area contributed by atoms with Crippen LogP contribution in [0.3, 0.4) is 0 Å². The molecular weight excluding hydrogens is 305 g/mol. The number of rotatable bonds is 3. The third-order valence-corrected chi connectivity index (χ3v) is 3.85. The summed E-state index contributed by atoms with van der Waals surface area (Å²) >= 11 is 0. The Morgan fingerprint density at radius 3 is 2.71 bits per heavy atom. The number of imidazole rings is 1. The Balaban J connectivity index is 1.82. The van der Waals surface area contributed by atoms with Crippen molar-refractivity contribution in [1.29, 1.82) is 0 Å². The minimum Gasteiger partial charge on any atom is -0.496 e. The number of H-pyrrole nitrogens is 1. The van der Waals surface area contributed by atoms with Crippen molar-refractivity contribution in [2.24, 2.45) is 0 Å². The summed E-state index contributed by atoms with van der Waals surface area (Å²) in [6, 6.07) is 16.0. The second kappa shape index (κ2) is 5.77. The van der Waals surface area contributed by atoms with E-state index in [0.29, 0.717) is 17.0 Å². The molecule has 0 aliphatic rings. The molecule has 4 nitrogen and oxygen atoms in total. The number of para-hydroxylation sites is 1. The molecule has 2 heterocycles. The number of aromatic amines is 1. The average Bonchev–Trinajstić information content (AvgIpc) is 3.05. The number of ether oxygens (including phenoxy) is 1. The number of nitrogens with zero attached hydrogens (tertiary/aromatic N) is 2. The van der Waals surface area contributed by atoms with Crippen LogP contribution >= 0.6 is 0 Å². The zero-order valence-corrected chi connectivity index (χ0v) is 13.0. The maximum absolute atomic E-state index is 13.4. The van der Waals surface area contributed by atoms with Crippen LogP contribution in [-0.2, 0) is 0 Å². The highest BCUT2D eigenvalue weighted by Crippen LogP contribution is 2.31. The van der Waals surface area contributed by atoms with Gasteiger partial charge >= 0.3 is 0 Å². The highest BCUT2D eigenvalue weighted by atomic mass is 19.1. The van der Waals surface area contributed by atoms with Gasteiger partial charge in [-0.1, -0.05) is 30.3 Å². The van der Waals surface area contributed by atoms with Crippen molar-refractivity contribution in [2.45, 2.75) is 0 Å². The molecule has 0 fully saturated rings. The maximum atomic E-state index is 13.4. The predicted molar refractivity (Wildman–Crippen MR) is 91.3 cm³/mol. The fourth-order valence-electron chi connectivity index (χ4n) is 2.70. The van der Waals surface area contributed by atoms with E-state index in [9.17, 15) is 4.39 Å². The highest BCUT2D eigenvalue weighted by molar-refractivity contribution is 5.82. The molecule has 118 valence electrons. The molecule has 2 aromatic heterocycles. The molecule has 0 saturated heterocycles. The molecule has 4 rings (SSSR count). The van der Waals surface area contributed by atoms with Gasteiger partial charge in [-0.15, -0.1) is 0 Å². The second-order valence-corrected chi connectivity index (χ2v) is 5.39. The van der Waals surface area contributed by atoms with E-state index in [0.717, 1.165) is 22.4 Å². The first kappa shape index (κ1) is 14.4. The first-order valence-corrected chi connectivity index (χ1v) is 7.50. The van der Waals surface area contributed by atoms with Gasteiger partial charge in [-0.25, -0.2) is 14.4 Å². The van der Waals surface area contributed by atoms with Crippen LogP contribution < -0.4 is 4.74 Å². The lowest BCUT2D eigenvalue weighted by molar-refractivity contribution is 0.416. The topological polar surface area (TPSA) is 50.8 Å².